The third-order valence-corrected chi connectivity index (χ3v) is 4.28. The number of carbonyl (C=O) groups is 1. The number of pyridine rings is 1. The molecule has 25 heavy (non-hydrogen) atoms. The fourth-order valence-electron chi connectivity index (χ4n) is 2.14. The van der Waals surface area contributed by atoms with Crippen LogP contribution in [0.2, 0.25) is 20.2 Å². The predicted molar refractivity (Wildman–Crippen MR) is 98.9 cm³/mol. The molecule has 0 radical (unpaired) electrons. The second kappa shape index (κ2) is 7.17. The third kappa shape index (κ3) is 3.88. The van der Waals surface area contributed by atoms with Gasteiger partial charge in [-0.15, -0.1) is 0 Å². The Morgan fingerprint density at radius 2 is 1.76 bits per heavy atom. The lowest BCUT2D eigenvalue weighted by atomic mass is 10.3. The topological polar surface area (TPSA) is 76.9 Å². The summed E-state index contributed by atoms with van der Waals surface area (Å²) in [7, 11) is 0. The van der Waals surface area contributed by atoms with Crippen LogP contribution in [0.5, 0.6) is 0 Å². The number of anilines is 1. The molecule has 1 N–H and O–H groups in total. The van der Waals surface area contributed by atoms with Gasteiger partial charge in [-0.05, 0) is 18.2 Å². The predicted octanol–water partition coefficient (Wildman–Crippen LogP) is 4.04. The zero-order valence-electron chi connectivity index (χ0n) is 12.3. The van der Waals surface area contributed by atoms with Crippen molar-refractivity contribution in [3.8, 4) is 0 Å². The van der Waals surface area contributed by atoms with Crippen molar-refractivity contribution in [3.05, 3.63) is 61.3 Å². The molecule has 1 amide bonds. The third-order valence-electron chi connectivity index (χ3n) is 3.26. The smallest absolute Gasteiger partial charge is 0.261 e. The van der Waals surface area contributed by atoms with Crippen LogP contribution in [0, 0.1) is 0 Å². The highest BCUT2D eigenvalue weighted by Gasteiger charge is 2.13. The first-order chi connectivity index (χ1) is 11.8. The van der Waals surface area contributed by atoms with Gasteiger partial charge in [0.2, 0.25) is 5.91 Å². The normalized spacial score (nSPS) is 10.9. The molecule has 3 rings (SSSR count). The lowest BCUT2D eigenvalue weighted by Crippen LogP contribution is -2.28. The van der Waals surface area contributed by atoms with Crippen LogP contribution in [0.4, 0.5) is 5.69 Å². The molecule has 0 saturated heterocycles. The number of fused-ring (bicyclic) bond motifs is 1. The van der Waals surface area contributed by atoms with Crippen molar-refractivity contribution in [2.24, 2.45) is 0 Å². The van der Waals surface area contributed by atoms with Crippen molar-refractivity contribution in [3.63, 3.8) is 0 Å². The molecule has 1 aromatic carbocycles. The molecular formula is C15H8Cl4N4O2. The zero-order chi connectivity index (χ0) is 18.1. The average molecular weight is 418 g/mol. The van der Waals surface area contributed by atoms with Gasteiger partial charge in [-0.25, -0.2) is 9.97 Å². The van der Waals surface area contributed by atoms with Crippen LogP contribution in [0.15, 0.2) is 35.5 Å². The number of aromatic nitrogens is 3. The number of halogens is 4. The van der Waals surface area contributed by atoms with Gasteiger partial charge in [-0.1, -0.05) is 46.4 Å². The molecule has 0 unspecified atom stereocenters. The summed E-state index contributed by atoms with van der Waals surface area (Å²) in [6, 6.07) is 4.29. The number of hydrogen-bond donors (Lipinski definition) is 1. The summed E-state index contributed by atoms with van der Waals surface area (Å²) in [6.07, 6.45) is 2.64. The summed E-state index contributed by atoms with van der Waals surface area (Å²) in [4.78, 5) is 32.6. The van der Waals surface area contributed by atoms with Gasteiger partial charge in [-0.3, -0.25) is 14.2 Å². The number of carbonyl (C=O) groups excluding carboxylic acids is 1. The molecule has 0 aliphatic rings. The van der Waals surface area contributed by atoms with E-state index in [1.165, 1.54) is 30.7 Å². The van der Waals surface area contributed by atoms with E-state index in [4.69, 9.17) is 46.4 Å². The monoisotopic (exact) mass is 416 g/mol. The van der Waals surface area contributed by atoms with E-state index in [-0.39, 0.29) is 32.8 Å². The molecule has 0 aliphatic heterocycles. The second-order valence-electron chi connectivity index (χ2n) is 4.99. The molecule has 0 atom stereocenters. The van der Waals surface area contributed by atoms with Crippen molar-refractivity contribution in [2.45, 2.75) is 6.54 Å². The van der Waals surface area contributed by atoms with Crippen LogP contribution in [0.1, 0.15) is 0 Å². The largest absolute Gasteiger partial charge is 0.322 e. The Balaban J connectivity index is 1.88. The summed E-state index contributed by atoms with van der Waals surface area (Å²) >= 11 is 23.7. The van der Waals surface area contributed by atoms with E-state index in [0.29, 0.717) is 10.5 Å². The van der Waals surface area contributed by atoms with E-state index in [1.807, 2.05) is 0 Å². The molecule has 2 aromatic heterocycles. The quantitative estimate of drug-likeness (QED) is 0.652. The Morgan fingerprint density at radius 1 is 1.08 bits per heavy atom. The van der Waals surface area contributed by atoms with E-state index in [2.05, 4.69) is 15.3 Å². The summed E-state index contributed by atoms with van der Waals surface area (Å²) in [6.45, 7) is -0.281. The lowest BCUT2D eigenvalue weighted by molar-refractivity contribution is -0.116. The summed E-state index contributed by atoms with van der Waals surface area (Å²) in [5.74, 6) is -0.505. The number of rotatable bonds is 3. The lowest BCUT2D eigenvalue weighted by Gasteiger charge is -2.11. The Bertz CT molecular complexity index is 1030. The molecule has 0 aliphatic carbocycles. The van der Waals surface area contributed by atoms with Crippen LogP contribution < -0.4 is 10.9 Å². The van der Waals surface area contributed by atoms with Gasteiger partial charge in [0.1, 0.15) is 11.7 Å². The molecule has 0 spiro atoms. The average Bonchev–Trinajstić information content (AvgIpc) is 2.54. The first-order valence-electron chi connectivity index (χ1n) is 6.80. The van der Waals surface area contributed by atoms with Crippen molar-refractivity contribution in [1.29, 1.82) is 0 Å². The first kappa shape index (κ1) is 17.9. The molecule has 3 aromatic rings. The Hall–Kier alpha value is -1.86. The van der Waals surface area contributed by atoms with E-state index in [1.54, 1.807) is 0 Å². The summed E-state index contributed by atoms with van der Waals surface area (Å²) < 4.78 is 1.14. The molecular weight excluding hydrogens is 410 g/mol. The van der Waals surface area contributed by atoms with Crippen LogP contribution in [0.25, 0.3) is 10.9 Å². The number of hydrogen-bond acceptors (Lipinski definition) is 4. The van der Waals surface area contributed by atoms with Gasteiger partial charge in [0.05, 0.1) is 39.2 Å². The van der Waals surface area contributed by atoms with E-state index < -0.39 is 11.5 Å². The van der Waals surface area contributed by atoms with Gasteiger partial charge >= 0.3 is 0 Å². The Labute approximate surface area is 161 Å². The molecule has 128 valence electrons. The minimum atomic E-state index is -0.505. The van der Waals surface area contributed by atoms with Crippen LogP contribution >= 0.6 is 46.4 Å². The fraction of sp³-hybridized carbons (Fsp3) is 0.0667. The number of amides is 1. The van der Waals surface area contributed by atoms with Crippen molar-refractivity contribution in [2.75, 3.05) is 5.32 Å². The molecule has 6 nitrogen and oxygen atoms in total. The molecule has 0 saturated carbocycles. The van der Waals surface area contributed by atoms with Gasteiger partial charge < -0.3 is 5.32 Å². The first-order valence-corrected chi connectivity index (χ1v) is 8.31. The maximum absolute atomic E-state index is 12.4. The van der Waals surface area contributed by atoms with Gasteiger partial charge in [-0.2, -0.15) is 0 Å². The second-order valence-corrected chi connectivity index (χ2v) is 6.63. The van der Waals surface area contributed by atoms with E-state index in [9.17, 15) is 9.59 Å². The highest BCUT2D eigenvalue weighted by Crippen LogP contribution is 2.33. The summed E-state index contributed by atoms with van der Waals surface area (Å²) in [5, 5.41) is 3.69. The minimum Gasteiger partial charge on any atom is -0.322 e. The number of benzene rings is 1. The molecule has 2 heterocycles. The van der Waals surface area contributed by atoms with Crippen molar-refractivity contribution in [1.82, 2.24) is 14.5 Å². The summed E-state index contributed by atoms with van der Waals surface area (Å²) in [5.41, 5.74) is 0.180. The van der Waals surface area contributed by atoms with Crippen LogP contribution in [-0.2, 0) is 11.3 Å². The van der Waals surface area contributed by atoms with E-state index in [0.717, 1.165) is 4.57 Å². The number of nitrogens with one attached hydrogen (secondary N) is 1. The van der Waals surface area contributed by atoms with Gasteiger partial charge in [0.25, 0.3) is 5.56 Å². The Morgan fingerprint density at radius 3 is 2.44 bits per heavy atom. The highest BCUT2D eigenvalue weighted by atomic mass is 35.5. The zero-order valence-corrected chi connectivity index (χ0v) is 15.3. The highest BCUT2D eigenvalue weighted by molar-refractivity contribution is 6.42. The van der Waals surface area contributed by atoms with Crippen molar-refractivity contribution < 1.29 is 4.79 Å². The van der Waals surface area contributed by atoms with E-state index >= 15 is 0 Å². The van der Waals surface area contributed by atoms with Gasteiger partial charge in [0, 0.05) is 5.02 Å². The standard InChI is InChI=1S/C15H8Cl4N4O2/c16-7-1-9(17)14(10(18)2-7)22-13(24)5-23-6-21-11-4-20-12(19)3-8(11)15(23)25/h1-4,6H,5H2,(H,22,24). The molecule has 10 heteroatoms. The van der Waals surface area contributed by atoms with Crippen LogP contribution in [0.3, 0.4) is 0 Å². The maximum Gasteiger partial charge on any atom is 0.261 e. The van der Waals surface area contributed by atoms with Crippen molar-refractivity contribution >= 4 is 68.9 Å². The maximum atomic E-state index is 12.4. The molecule has 0 bridgehead atoms. The fourth-order valence-corrected chi connectivity index (χ4v) is 3.21. The number of nitrogens with zero attached hydrogens (tertiary/aromatic N) is 3. The van der Waals surface area contributed by atoms with Crippen LogP contribution in [-0.4, -0.2) is 20.4 Å². The van der Waals surface area contributed by atoms with Gasteiger partial charge in [0.15, 0.2) is 0 Å². The SMILES string of the molecule is O=C(Cn1cnc2cnc(Cl)cc2c1=O)Nc1c(Cl)cc(Cl)cc1Cl. The minimum absolute atomic E-state index is 0.160. The Kier molecular flexibility index (Phi) is 5.15. The molecule has 0 fully saturated rings.